The van der Waals surface area contributed by atoms with Gasteiger partial charge in [0.1, 0.15) is 6.04 Å². The molecule has 0 heterocycles. The first-order valence-electron chi connectivity index (χ1n) is 3.55. The second-order valence-corrected chi connectivity index (χ2v) is 2.74. The quantitative estimate of drug-likeness (QED) is 0.241. The molecule has 6 N–H and O–H groups in total. The van der Waals surface area contributed by atoms with E-state index in [1.165, 1.54) is 0 Å². The van der Waals surface area contributed by atoms with Crippen LogP contribution in [0, 0.1) is 5.92 Å². The van der Waals surface area contributed by atoms with Gasteiger partial charge >= 0.3 is 6.03 Å². The van der Waals surface area contributed by atoms with E-state index in [9.17, 15) is 9.59 Å². The van der Waals surface area contributed by atoms with Crippen molar-refractivity contribution in [2.75, 3.05) is 0 Å². The molecule has 1 atom stereocenters. The minimum Gasteiger partial charge on any atom is -0.352 e. The lowest BCUT2D eigenvalue weighted by Gasteiger charge is -2.18. The molecule has 0 aromatic rings. The Morgan fingerprint density at radius 2 is 1.83 bits per heavy atom. The topological polar surface area (TPSA) is 110 Å². The van der Waals surface area contributed by atoms with E-state index in [-0.39, 0.29) is 5.92 Å². The predicted octanol–water partition coefficient (Wildman–Crippen LogP) is -1.33. The Hall–Kier alpha value is -1.30. The third kappa shape index (κ3) is 3.20. The van der Waals surface area contributed by atoms with Crippen LogP contribution >= 0.6 is 0 Å². The Labute approximate surface area is 70.6 Å². The zero-order valence-corrected chi connectivity index (χ0v) is 7.13. The van der Waals surface area contributed by atoms with Gasteiger partial charge in [0.15, 0.2) is 0 Å². The number of nitrogens with two attached hydrogens (primary N) is 2. The Bertz CT molecular complexity index is 180. The largest absolute Gasteiger partial charge is 0.352 e. The first-order valence-corrected chi connectivity index (χ1v) is 3.55. The summed E-state index contributed by atoms with van der Waals surface area (Å²) in [5, 5.41) is 2.28. The summed E-state index contributed by atoms with van der Waals surface area (Å²) in [5.41, 5.74) is 6.80. The summed E-state index contributed by atoms with van der Waals surface area (Å²) in [6.45, 7) is 3.55. The molecule has 0 radical (unpaired) electrons. The fraction of sp³-hybridized carbons (Fsp3) is 0.667. The molecule has 0 fully saturated rings. The van der Waals surface area contributed by atoms with E-state index in [0.29, 0.717) is 0 Å². The molecule has 3 amide bonds. The monoisotopic (exact) mass is 174 g/mol. The third-order valence-electron chi connectivity index (χ3n) is 1.39. The van der Waals surface area contributed by atoms with Gasteiger partial charge in [-0.05, 0) is 5.92 Å². The van der Waals surface area contributed by atoms with Crippen molar-refractivity contribution in [2.45, 2.75) is 19.9 Å². The maximum atomic E-state index is 11.0. The highest BCUT2D eigenvalue weighted by atomic mass is 16.2. The van der Waals surface area contributed by atoms with Crippen LogP contribution in [0.4, 0.5) is 4.79 Å². The van der Waals surface area contributed by atoms with Gasteiger partial charge in [0.05, 0.1) is 0 Å². The average Bonchev–Trinajstić information content (AvgIpc) is 1.98. The summed E-state index contributed by atoms with van der Waals surface area (Å²) in [6.07, 6.45) is 0. The van der Waals surface area contributed by atoms with E-state index in [2.05, 4.69) is 5.32 Å². The standard InChI is InChI=1S/C6H14N4O2/c1-3(2)4(5(11)10-8)9-6(7)12/h3-4H,8H2,1-2H3,(H,10,11)(H3,7,9,12)/t4-/m0/s1. The average molecular weight is 174 g/mol. The van der Waals surface area contributed by atoms with Gasteiger partial charge in [-0.3, -0.25) is 10.2 Å². The van der Waals surface area contributed by atoms with Gasteiger partial charge in [0.2, 0.25) is 0 Å². The second kappa shape index (κ2) is 4.55. The number of carbonyl (C=O) groups is 2. The maximum Gasteiger partial charge on any atom is 0.312 e. The van der Waals surface area contributed by atoms with E-state index in [1.54, 1.807) is 13.8 Å². The first kappa shape index (κ1) is 10.7. The minimum absolute atomic E-state index is 0.0546. The number of urea groups is 1. The summed E-state index contributed by atoms with van der Waals surface area (Å²) < 4.78 is 0. The van der Waals surface area contributed by atoms with E-state index < -0.39 is 18.0 Å². The zero-order valence-electron chi connectivity index (χ0n) is 7.13. The lowest BCUT2D eigenvalue weighted by atomic mass is 10.0. The molecule has 0 spiro atoms. The molecule has 0 aromatic heterocycles. The molecule has 70 valence electrons. The molecule has 0 aliphatic rings. The van der Waals surface area contributed by atoms with Crippen LogP contribution in [0.5, 0.6) is 0 Å². The molecular formula is C6H14N4O2. The Kier molecular flexibility index (Phi) is 4.06. The number of nitrogens with one attached hydrogen (secondary N) is 2. The molecule has 0 aliphatic heterocycles. The number of carbonyl (C=O) groups excluding carboxylic acids is 2. The van der Waals surface area contributed by atoms with Crippen molar-refractivity contribution in [1.29, 1.82) is 0 Å². The van der Waals surface area contributed by atoms with Crippen molar-refractivity contribution in [3.63, 3.8) is 0 Å². The highest BCUT2D eigenvalue weighted by molar-refractivity contribution is 5.86. The normalized spacial score (nSPS) is 12.3. The molecule has 0 unspecified atom stereocenters. The minimum atomic E-state index is -0.739. The Morgan fingerprint density at radius 3 is 2.08 bits per heavy atom. The third-order valence-corrected chi connectivity index (χ3v) is 1.39. The lowest BCUT2D eigenvalue weighted by molar-refractivity contribution is -0.123. The van der Waals surface area contributed by atoms with Crippen LogP contribution in [0.3, 0.4) is 0 Å². The summed E-state index contributed by atoms with van der Waals surface area (Å²) in [6, 6.07) is -1.41. The number of hydrogen-bond acceptors (Lipinski definition) is 3. The van der Waals surface area contributed by atoms with Crippen molar-refractivity contribution in [2.24, 2.45) is 17.5 Å². The van der Waals surface area contributed by atoms with Gasteiger partial charge < -0.3 is 11.1 Å². The van der Waals surface area contributed by atoms with Gasteiger partial charge in [-0.1, -0.05) is 13.8 Å². The fourth-order valence-electron chi connectivity index (χ4n) is 0.778. The number of primary amides is 1. The van der Waals surface area contributed by atoms with Gasteiger partial charge in [0.25, 0.3) is 5.91 Å². The highest BCUT2D eigenvalue weighted by Crippen LogP contribution is 2.00. The molecular weight excluding hydrogens is 160 g/mol. The van der Waals surface area contributed by atoms with E-state index in [1.807, 2.05) is 5.43 Å². The maximum absolute atomic E-state index is 11.0. The highest BCUT2D eigenvalue weighted by Gasteiger charge is 2.21. The van der Waals surface area contributed by atoms with Crippen LogP contribution in [0.2, 0.25) is 0 Å². The van der Waals surface area contributed by atoms with Crippen molar-refractivity contribution >= 4 is 11.9 Å². The van der Waals surface area contributed by atoms with Gasteiger partial charge in [-0.25, -0.2) is 10.6 Å². The Balaban J connectivity index is 4.23. The summed E-state index contributed by atoms with van der Waals surface area (Å²) in [7, 11) is 0. The van der Waals surface area contributed by atoms with Crippen molar-refractivity contribution < 1.29 is 9.59 Å². The fourth-order valence-corrected chi connectivity index (χ4v) is 0.778. The number of rotatable bonds is 3. The van der Waals surface area contributed by atoms with Crippen LogP contribution < -0.4 is 22.3 Å². The number of amides is 3. The van der Waals surface area contributed by atoms with Crippen LogP contribution in [-0.4, -0.2) is 18.0 Å². The van der Waals surface area contributed by atoms with E-state index >= 15 is 0 Å². The summed E-state index contributed by atoms with van der Waals surface area (Å²) in [4.78, 5) is 21.4. The SMILES string of the molecule is CC(C)[C@H](NC(N)=O)C(=O)NN. The van der Waals surface area contributed by atoms with Gasteiger partial charge in [0, 0.05) is 0 Å². The van der Waals surface area contributed by atoms with Gasteiger partial charge in [-0.2, -0.15) is 0 Å². The van der Waals surface area contributed by atoms with Crippen molar-refractivity contribution in [1.82, 2.24) is 10.7 Å². The summed E-state index contributed by atoms with van der Waals surface area (Å²) >= 11 is 0. The Morgan fingerprint density at radius 1 is 1.33 bits per heavy atom. The molecule has 0 rings (SSSR count). The second-order valence-electron chi connectivity index (χ2n) is 2.74. The van der Waals surface area contributed by atoms with Crippen LogP contribution in [-0.2, 0) is 4.79 Å². The molecule has 0 aromatic carbocycles. The molecule has 0 aliphatic carbocycles. The number of hydrogen-bond donors (Lipinski definition) is 4. The van der Waals surface area contributed by atoms with E-state index in [4.69, 9.17) is 11.6 Å². The van der Waals surface area contributed by atoms with E-state index in [0.717, 1.165) is 0 Å². The zero-order chi connectivity index (χ0) is 9.72. The molecule has 0 bridgehead atoms. The van der Waals surface area contributed by atoms with Gasteiger partial charge in [-0.15, -0.1) is 0 Å². The summed E-state index contributed by atoms with van der Waals surface area (Å²) in [5.74, 6) is 4.39. The van der Waals surface area contributed by atoms with Crippen molar-refractivity contribution in [3.05, 3.63) is 0 Å². The van der Waals surface area contributed by atoms with Crippen LogP contribution in [0.1, 0.15) is 13.8 Å². The smallest absolute Gasteiger partial charge is 0.312 e. The molecule has 12 heavy (non-hydrogen) atoms. The first-order chi connectivity index (χ1) is 5.49. The van der Waals surface area contributed by atoms with Crippen LogP contribution in [0.15, 0.2) is 0 Å². The predicted molar refractivity (Wildman–Crippen MR) is 43.7 cm³/mol. The molecule has 0 saturated carbocycles. The molecule has 6 heteroatoms. The molecule has 6 nitrogen and oxygen atoms in total. The number of hydrazine groups is 1. The lowest BCUT2D eigenvalue weighted by Crippen LogP contribution is -2.52. The van der Waals surface area contributed by atoms with Crippen molar-refractivity contribution in [3.8, 4) is 0 Å². The van der Waals surface area contributed by atoms with Crippen LogP contribution in [0.25, 0.3) is 0 Å². The molecule has 0 saturated heterocycles.